The molecule has 1 unspecified atom stereocenters. The van der Waals surface area contributed by atoms with Crippen LogP contribution in [0.4, 0.5) is 17.3 Å². The molecule has 1 fully saturated rings. The van der Waals surface area contributed by atoms with E-state index in [1.54, 1.807) is 40.6 Å². The van der Waals surface area contributed by atoms with Gasteiger partial charge in [-0.15, -0.1) is 0 Å². The summed E-state index contributed by atoms with van der Waals surface area (Å²) in [6.45, 7) is 5.14. The molecule has 0 amide bonds. The largest absolute Gasteiger partial charge is 0.369 e. The molecule has 4 aromatic rings. The van der Waals surface area contributed by atoms with Crippen LogP contribution in [0.5, 0.6) is 0 Å². The van der Waals surface area contributed by atoms with Crippen LogP contribution in [0.1, 0.15) is 12.5 Å². The summed E-state index contributed by atoms with van der Waals surface area (Å²) < 4.78 is 14.8. The summed E-state index contributed by atoms with van der Waals surface area (Å²) in [6.07, 6.45) is 3.40. The number of hydrogen-bond acceptors (Lipinski definition) is 7. The highest BCUT2D eigenvalue weighted by Gasteiger charge is 2.17. The van der Waals surface area contributed by atoms with Crippen molar-refractivity contribution in [3.63, 3.8) is 0 Å². The number of nitriles is 1. The van der Waals surface area contributed by atoms with Crippen LogP contribution in [-0.4, -0.2) is 43.8 Å². The van der Waals surface area contributed by atoms with Crippen molar-refractivity contribution in [2.45, 2.75) is 17.9 Å². The van der Waals surface area contributed by atoms with Gasteiger partial charge < -0.3 is 15.5 Å². The third kappa shape index (κ3) is 4.31. The molecule has 1 aliphatic rings. The van der Waals surface area contributed by atoms with Crippen molar-refractivity contribution in [3.8, 4) is 6.07 Å². The predicted octanol–water partition coefficient (Wildman–Crippen LogP) is 3.42. The molecule has 1 saturated heterocycles. The van der Waals surface area contributed by atoms with Gasteiger partial charge in [0.15, 0.2) is 16.6 Å². The van der Waals surface area contributed by atoms with Gasteiger partial charge in [-0.05, 0) is 49.4 Å². The maximum Gasteiger partial charge on any atom is 0.229 e. The minimum absolute atomic E-state index is 0.379. The number of aromatic nitrogens is 3. The van der Waals surface area contributed by atoms with Gasteiger partial charge in [0, 0.05) is 54.8 Å². The van der Waals surface area contributed by atoms with Crippen LogP contribution in [-0.2, 0) is 11.0 Å². The molecule has 0 saturated carbocycles. The van der Waals surface area contributed by atoms with Crippen LogP contribution in [0.3, 0.4) is 0 Å². The zero-order valence-corrected chi connectivity index (χ0v) is 18.9. The number of fused-ring (bicyclic) bond motifs is 1. The first-order valence-corrected chi connectivity index (χ1v) is 11.8. The Bertz CT molecular complexity index is 1360. The van der Waals surface area contributed by atoms with Crippen molar-refractivity contribution in [3.05, 3.63) is 72.6 Å². The molecule has 0 aliphatic carbocycles. The molecular weight excluding hydrogens is 434 g/mol. The lowest BCUT2D eigenvalue weighted by atomic mass is 10.2. The van der Waals surface area contributed by atoms with E-state index in [2.05, 4.69) is 50.6 Å². The topological polar surface area (TPSA) is 98.9 Å². The van der Waals surface area contributed by atoms with Crippen molar-refractivity contribution >= 4 is 39.3 Å². The standard InChI is InChI=1S/C24H23N7OS/c1-17-16-30(13-11-26-17)21-8-6-20(7-9-21)28-24-27-15-19-10-12-31(23(19)29-24)33(32)22-5-3-2-4-18(22)14-25/h2-10,12,15,17,26H,11,13,16H2,1H3,(H,27,28,29)/t17-,33?/m0/s1. The van der Waals surface area contributed by atoms with E-state index in [4.69, 9.17) is 0 Å². The second kappa shape index (κ2) is 9.02. The molecule has 2 atom stereocenters. The Morgan fingerprint density at radius 2 is 2.00 bits per heavy atom. The van der Waals surface area contributed by atoms with Gasteiger partial charge in [-0.2, -0.15) is 10.2 Å². The average molecular weight is 458 g/mol. The molecule has 0 spiro atoms. The third-order valence-electron chi connectivity index (χ3n) is 5.63. The molecule has 9 heteroatoms. The molecule has 0 radical (unpaired) electrons. The third-order valence-corrected chi connectivity index (χ3v) is 7.01. The Morgan fingerprint density at radius 1 is 1.18 bits per heavy atom. The summed E-state index contributed by atoms with van der Waals surface area (Å²) in [6, 6.07) is 19.5. The molecular formula is C24H23N7OS. The predicted molar refractivity (Wildman–Crippen MR) is 130 cm³/mol. The molecule has 1 aliphatic heterocycles. The molecule has 8 nitrogen and oxygen atoms in total. The fraction of sp³-hybridized carbons (Fsp3) is 0.208. The van der Waals surface area contributed by atoms with Gasteiger partial charge >= 0.3 is 0 Å². The van der Waals surface area contributed by atoms with E-state index in [-0.39, 0.29) is 0 Å². The van der Waals surface area contributed by atoms with Gasteiger partial charge in [-0.1, -0.05) is 12.1 Å². The lowest BCUT2D eigenvalue weighted by Crippen LogP contribution is -2.49. The van der Waals surface area contributed by atoms with Crippen molar-refractivity contribution < 1.29 is 4.21 Å². The van der Waals surface area contributed by atoms with Gasteiger partial charge in [-0.25, -0.2) is 13.2 Å². The van der Waals surface area contributed by atoms with Crippen LogP contribution >= 0.6 is 0 Å². The SMILES string of the molecule is C[C@H]1CN(c2ccc(Nc3ncc4ccn(S(=O)c5ccccc5C#N)c4n3)cc2)CCN1. The number of nitrogens with one attached hydrogen (secondary N) is 2. The van der Waals surface area contributed by atoms with E-state index in [1.807, 2.05) is 18.2 Å². The molecule has 2 aromatic carbocycles. The fourth-order valence-corrected chi connectivity index (χ4v) is 5.14. The van der Waals surface area contributed by atoms with E-state index in [0.29, 0.717) is 28.1 Å². The summed E-state index contributed by atoms with van der Waals surface area (Å²) in [7, 11) is -1.60. The summed E-state index contributed by atoms with van der Waals surface area (Å²) in [5, 5.41) is 16.8. The molecule has 3 heterocycles. The second-order valence-corrected chi connectivity index (χ2v) is 9.28. The van der Waals surface area contributed by atoms with E-state index < -0.39 is 11.0 Å². The number of piperazine rings is 1. The van der Waals surface area contributed by atoms with Crippen LogP contribution in [0.25, 0.3) is 11.0 Å². The first-order chi connectivity index (χ1) is 16.1. The molecule has 33 heavy (non-hydrogen) atoms. The number of anilines is 3. The molecule has 0 bridgehead atoms. The molecule has 2 aromatic heterocycles. The Labute approximate surface area is 194 Å². The maximum absolute atomic E-state index is 13.2. The Morgan fingerprint density at radius 3 is 2.79 bits per heavy atom. The smallest absolute Gasteiger partial charge is 0.229 e. The number of nitrogens with zero attached hydrogens (tertiary/aromatic N) is 5. The number of benzene rings is 2. The summed E-state index contributed by atoms with van der Waals surface area (Å²) >= 11 is 0. The Balaban J connectivity index is 1.39. The fourth-order valence-electron chi connectivity index (χ4n) is 3.96. The van der Waals surface area contributed by atoms with Gasteiger partial charge in [0.1, 0.15) is 6.07 Å². The van der Waals surface area contributed by atoms with E-state index in [0.717, 1.165) is 30.7 Å². The minimum atomic E-state index is -1.60. The second-order valence-electron chi connectivity index (χ2n) is 7.94. The van der Waals surface area contributed by atoms with Crippen molar-refractivity contribution in [1.82, 2.24) is 19.3 Å². The van der Waals surface area contributed by atoms with E-state index in [1.165, 1.54) is 5.69 Å². The highest BCUT2D eigenvalue weighted by atomic mass is 32.2. The van der Waals surface area contributed by atoms with Gasteiger partial charge in [-0.3, -0.25) is 0 Å². The van der Waals surface area contributed by atoms with E-state index in [9.17, 15) is 9.47 Å². The highest BCUT2D eigenvalue weighted by molar-refractivity contribution is 7.83. The monoisotopic (exact) mass is 457 g/mol. The number of rotatable bonds is 5. The lowest BCUT2D eigenvalue weighted by Gasteiger charge is -2.33. The molecule has 166 valence electrons. The molecule has 2 N–H and O–H groups in total. The van der Waals surface area contributed by atoms with Crippen LogP contribution < -0.4 is 15.5 Å². The first kappa shape index (κ1) is 21.1. The number of hydrogen-bond donors (Lipinski definition) is 2. The lowest BCUT2D eigenvalue weighted by molar-refractivity contribution is 0.485. The van der Waals surface area contributed by atoms with Crippen molar-refractivity contribution in [2.75, 3.05) is 29.9 Å². The first-order valence-electron chi connectivity index (χ1n) is 10.7. The maximum atomic E-state index is 13.2. The normalized spacial score (nSPS) is 17.0. The minimum Gasteiger partial charge on any atom is -0.369 e. The van der Waals surface area contributed by atoms with Gasteiger partial charge in [0.05, 0.1) is 10.5 Å². The highest BCUT2D eigenvalue weighted by Crippen LogP contribution is 2.24. The summed E-state index contributed by atoms with van der Waals surface area (Å²) in [4.78, 5) is 11.8. The zero-order valence-electron chi connectivity index (χ0n) is 18.1. The summed E-state index contributed by atoms with van der Waals surface area (Å²) in [5.41, 5.74) is 2.97. The van der Waals surface area contributed by atoms with E-state index >= 15 is 0 Å². The zero-order chi connectivity index (χ0) is 22.8. The van der Waals surface area contributed by atoms with Crippen LogP contribution in [0.15, 0.2) is 71.9 Å². The Hall–Kier alpha value is -3.74. The van der Waals surface area contributed by atoms with Crippen molar-refractivity contribution in [1.29, 1.82) is 5.26 Å². The van der Waals surface area contributed by atoms with Crippen molar-refractivity contribution in [2.24, 2.45) is 0 Å². The van der Waals surface area contributed by atoms with Crippen LogP contribution in [0, 0.1) is 11.3 Å². The Kier molecular flexibility index (Phi) is 5.77. The average Bonchev–Trinajstić information content (AvgIpc) is 3.27. The quantitative estimate of drug-likeness (QED) is 0.474. The molecule has 5 rings (SSSR count). The van der Waals surface area contributed by atoms with Gasteiger partial charge in [0.2, 0.25) is 5.95 Å². The van der Waals surface area contributed by atoms with Crippen LogP contribution in [0.2, 0.25) is 0 Å². The summed E-state index contributed by atoms with van der Waals surface area (Å²) in [5.74, 6) is 0.413. The van der Waals surface area contributed by atoms with Gasteiger partial charge in [0.25, 0.3) is 0 Å².